The van der Waals surface area contributed by atoms with Crippen LogP contribution >= 0.6 is 24.0 Å². The van der Waals surface area contributed by atoms with Crippen molar-refractivity contribution in [3.8, 4) is 0 Å². The van der Waals surface area contributed by atoms with Gasteiger partial charge in [-0.2, -0.15) is 0 Å². The summed E-state index contributed by atoms with van der Waals surface area (Å²) in [5.74, 6) is 0.288. The van der Waals surface area contributed by atoms with E-state index in [1.807, 2.05) is 6.92 Å². The van der Waals surface area contributed by atoms with Crippen LogP contribution < -0.4 is 15.4 Å². The standard InChI is InChI=1S/C22H29FN4O3S.HI/c1-2-24-22(26-15-18-6-3-4-8-21(18)23)25-14-17-9-11-20(12-10-17)31(28,29)27-16-19-7-5-13-30-19;/h3-4,6,8-12,19,27H,2,5,7,13-16H2,1H3,(H2,24,25,26);1H. The van der Waals surface area contributed by atoms with Crippen LogP contribution in [0.3, 0.4) is 0 Å². The zero-order valence-corrected chi connectivity index (χ0v) is 21.2. The number of aliphatic imine (C=N–C) groups is 1. The molecule has 1 aliphatic rings. The Bertz CT molecular complexity index is 981. The van der Waals surface area contributed by atoms with E-state index in [9.17, 15) is 12.8 Å². The molecule has 0 radical (unpaired) electrons. The fraction of sp³-hybridized carbons (Fsp3) is 0.409. The van der Waals surface area contributed by atoms with Crippen LogP contribution in [0.5, 0.6) is 0 Å². The Kier molecular flexibility index (Phi) is 10.8. The lowest BCUT2D eigenvalue weighted by Gasteiger charge is -2.12. The van der Waals surface area contributed by atoms with Gasteiger partial charge in [0.25, 0.3) is 0 Å². The van der Waals surface area contributed by atoms with Gasteiger partial charge >= 0.3 is 0 Å². The van der Waals surface area contributed by atoms with Crippen molar-refractivity contribution in [1.82, 2.24) is 15.4 Å². The molecular formula is C22H30FIN4O3S. The van der Waals surface area contributed by atoms with Gasteiger partial charge in [-0.1, -0.05) is 30.3 Å². The molecule has 7 nitrogen and oxygen atoms in total. The Morgan fingerprint density at radius 3 is 2.56 bits per heavy atom. The van der Waals surface area contributed by atoms with E-state index in [4.69, 9.17) is 4.74 Å². The van der Waals surface area contributed by atoms with Gasteiger partial charge in [-0.25, -0.2) is 22.5 Å². The van der Waals surface area contributed by atoms with E-state index >= 15 is 0 Å². The van der Waals surface area contributed by atoms with Crippen LogP contribution in [0.15, 0.2) is 58.4 Å². The maximum Gasteiger partial charge on any atom is 0.240 e. The molecule has 0 aliphatic carbocycles. The third-order valence-electron chi connectivity index (χ3n) is 4.93. The molecule has 3 N–H and O–H groups in total. The number of sulfonamides is 1. The van der Waals surface area contributed by atoms with Crippen molar-refractivity contribution in [3.63, 3.8) is 0 Å². The number of benzene rings is 2. The topological polar surface area (TPSA) is 91.8 Å². The molecule has 176 valence electrons. The molecule has 0 spiro atoms. The van der Waals surface area contributed by atoms with Crippen LogP contribution in [0.4, 0.5) is 4.39 Å². The molecule has 0 bridgehead atoms. The predicted octanol–water partition coefficient (Wildman–Crippen LogP) is 3.16. The number of halogens is 2. The molecule has 1 unspecified atom stereocenters. The monoisotopic (exact) mass is 576 g/mol. The van der Waals surface area contributed by atoms with Gasteiger partial charge in [0.2, 0.25) is 10.0 Å². The summed E-state index contributed by atoms with van der Waals surface area (Å²) in [5.41, 5.74) is 1.42. The molecule has 1 atom stereocenters. The number of ether oxygens (including phenoxy) is 1. The lowest BCUT2D eigenvalue weighted by Crippen LogP contribution is -2.37. The number of hydrogen-bond acceptors (Lipinski definition) is 4. The third-order valence-corrected chi connectivity index (χ3v) is 6.37. The Hall–Kier alpha value is -1.76. The first kappa shape index (κ1) is 26.5. The van der Waals surface area contributed by atoms with Crippen LogP contribution in [0, 0.1) is 5.82 Å². The summed E-state index contributed by atoms with van der Waals surface area (Å²) in [6.45, 7) is 4.25. The molecule has 2 aromatic carbocycles. The van der Waals surface area contributed by atoms with Crippen LogP contribution in [-0.2, 0) is 27.8 Å². The minimum atomic E-state index is -3.57. The highest BCUT2D eigenvalue weighted by atomic mass is 127. The molecule has 3 rings (SSSR count). The average molecular weight is 576 g/mol. The normalized spacial score (nSPS) is 16.4. The predicted molar refractivity (Wildman–Crippen MR) is 134 cm³/mol. The summed E-state index contributed by atoms with van der Waals surface area (Å²) in [6.07, 6.45) is 1.79. The number of guanidine groups is 1. The summed E-state index contributed by atoms with van der Waals surface area (Å²) in [5, 5.41) is 6.23. The lowest BCUT2D eigenvalue weighted by molar-refractivity contribution is 0.114. The number of nitrogens with zero attached hydrogens (tertiary/aromatic N) is 1. The molecule has 2 aromatic rings. The lowest BCUT2D eigenvalue weighted by atomic mass is 10.2. The van der Waals surface area contributed by atoms with Crippen molar-refractivity contribution in [2.75, 3.05) is 19.7 Å². The van der Waals surface area contributed by atoms with E-state index in [1.54, 1.807) is 42.5 Å². The van der Waals surface area contributed by atoms with Gasteiger partial charge in [0.1, 0.15) is 5.82 Å². The minimum absolute atomic E-state index is 0. The van der Waals surface area contributed by atoms with Crippen molar-refractivity contribution in [2.24, 2.45) is 4.99 Å². The van der Waals surface area contributed by atoms with E-state index in [-0.39, 0.29) is 47.3 Å². The quantitative estimate of drug-likeness (QED) is 0.243. The van der Waals surface area contributed by atoms with Gasteiger partial charge in [0.05, 0.1) is 17.5 Å². The van der Waals surface area contributed by atoms with Crippen LogP contribution in [0.2, 0.25) is 0 Å². The molecule has 1 saturated heterocycles. The molecule has 0 aromatic heterocycles. The average Bonchev–Trinajstić information content (AvgIpc) is 3.29. The van der Waals surface area contributed by atoms with E-state index in [0.717, 1.165) is 18.4 Å². The van der Waals surface area contributed by atoms with E-state index in [1.165, 1.54) is 6.07 Å². The fourth-order valence-corrected chi connectivity index (χ4v) is 4.26. The second-order valence-corrected chi connectivity index (χ2v) is 9.04. The molecule has 0 amide bonds. The highest BCUT2D eigenvalue weighted by Crippen LogP contribution is 2.14. The van der Waals surface area contributed by atoms with Crippen molar-refractivity contribution >= 4 is 40.0 Å². The highest BCUT2D eigenvalue weighted by Gasteiger charge is 2.20. The van der Waals surface area contributed by atoms with Crippen LogP contribution in [-0.4, -0.2) is 40.2 Å². The van der Waals surface area contributed by atoms with Gasteiger partial charge in [-0.3, -0.25) is 0 Å². The molecule has 10 heteroatoms. The first-order valence-electron chi connectivity index (χ1n) is 10.4. The first-order valence-corrected chi connectivity index (χ1v) is 11.9. The van der Waals surface area contributed by atoms with Gasteiger partial charge in [0, 0.05) is 31.8 Å². The molecule has 1 aliphatic heterocycles. The summed E-state index contributed by atoms with van der Waals surface area (Å²) < 4.78 is 46.8. The van der Waals surface area contributed by atoms with Crippen LogP contribution in [0.1, 0.15) is 30.9 Å². The Labute approximate surface area is 206 Å². The summed E-state index contributed by atoms with van der Waals surface area (Å²) in [4.78, 5) is 4.71. The molecule has 1 fully saturated rings. The zero-order valence-electron chi connectivity index (χ0n) is 18.0. The number of nitrogens with one attached hydrogen (secondary N) is 3. The fourth-order valence-electron chi connectivity index (χ4n) is 3.20. The first-order chi connectivity index (χ1) is 15.0. The zero-order chi connectivity index (χ0) is 22.1. The maximum absolute atomic E-state index is 13.8. The van der Waals surface area contributed by atoms with Crippen LogP contribution in [0.25, 0.3) is 0 Å². The van der Waals surface area contributed by atoms with Gasteiger partial charge in [-0.05, 0) is 43.5 Å². The second kappa shape index (κ2) is 13.1. The molecule has 32 heavy (non-hydrogen) atoms. The SMILES string of the molecule is CCNC(=NCc1ccc(S(=O)(=O)NCC2CCCO2)cc1)NCc1ccccc1F.I. The summed E-state index contributed by atoms with van der Waals surface area (Å²) in [7, 11) is -3.57. The third kappa shape index (κ3) is 7.98. The van der Waals surface area contributed by atoms with E-state index in [0.29, 0.717) is 37.8 Å². The molecule has 1 heterocycles. The van der Waals surface area contributed by atoms with Gasteiger partial charge in [-0.15, -0.1) is 24.0 Å². The van der Waals surface area contributed by atoms with Crippen molar-refractivity contribution in [2.45, 2.75) is 43.9 Å². The van der Waals surface area contributed by atoms with Crippen molar-refractivity contribution in [1.29, 1.82) is 0 Å². The smallest absolute Gasteiger partial charge is 0.240 e. The number of hydrogen-bond donors (Lipinski definition) is 3. The van der Waals surface area contributed by atoms with E-state index in [2.05, 4.69) is 20.3 Å². The maximum atomic E-state index is 13.8. The molecular weight excluding hydrogens is 546 g/mol. The molecule has 0 saturated carbocycles. The minimum Gasteiger partial charge on any atom is -0.377 e. The second-order valence-electron chi connectivity index (χ2n) is 7.27. The Morgan fingerprint density at radius 1 is 1.16 bits per heavy atom. The Balaban J connectivity index is 0.00000363. The largest absolute Gasteiger partial charge is 0.377 e. The summed E-state index contributed by atoms with van der Waals surface area (Å²) in [6, 6.07) is 13.2. The summed E-state index contributed by atoms with van der Waals surface area (Å²) >= 11 is 0. The Morgan fingerprint density at radius 2 is 1.91 bits per heavy atom. The highest BCUT2D eigenvalue weighted by molar-refractivity contribution is 14.0. The van der Waals surface area contributed by atoms with Crippen molar-refractivity contribution < 1.29 is 17.5 Å². The van der Waals surface area contributed by atoms with Gasteiger partial charge < -0.3 is 15.4 Å². The van der Waals surface area contributed by atoms with E-state index < -0.39 is 10.0 Å². The van der Waals surface area contributed by atoms with Crippen molar-refractivity contribution in [3.05, 3.63) is 65.5 Å². The van der Waals surface area contributed by atoms with Gasteiger partial charge in [0.15, 0.2) is 5.96 Å². The number of rotatable bonds is 9.